The molecule has 3 rings (SSSR count). The van der Waals surface area contributed by atoms with Crippen LogP contribution in [0, 0.1) is 6.92 Å². The molecule has 0 fully saturated rings. The first-order valence-corrected chi connectivity index (χ1v) is 6.52. The van der Waals surface area contributed by atoms with Crippen LogP contribution in [-0.2, 0) is 0 Å². The van der Waals surface area contributed by atoms with Crippen molar-refractivity contribution in [1.29, 1.82) is 0 Å². The van der Waals surface area contributed by atoms with Gasteiger partial charge in [0, 0.05) is 29.2 Å². The van der Waals surface area contributed by atoms with Crippen LogP contribution in [-0.4, -0.2) is 15.9 Å². The molecule has 0 unspecified atom stereocenters. The summed E-state index contributed by atoms with van der Waals surface area (Å²) in [4.78, 5) is 20.7. The topological polar surface area (TPSA) is 80.9 Å². The molecule has 0 saturated heterocycles. The fraction of sp³-hybridized carbons (Fsp3) is 0.0625. The highest BCUT2D eigenvalue weighted by molar-refractivity contribution is 6.10. The normalized spacial score (nSPS) is 10.5. The molecule has 3 N–H and O–H groups in total. The number of amides is 1. The summed E-state index contributed by atoms with van der Waals surface area (Å²) in [5.41, 5.74) is 8.81. The molecule has 21 heavy (non-hydrogen) atoms. The fourth-order valence-corrected chi connectivity index (χ4v) is 2.17. The summed E-state index contributed by atoms with van der Waals surface area (Å²) in [7, 11) is 0. The van der Waals surface area contributed by atoms with Crippen LogP contribution in [0.4, 0.5) is 11.4 Å². The second-order valence-electron chi connectivity index (χ2n) is 4.75. The molecule has 104 valence electrons. The molecule has 0 radical (unpaired) electrons. The highest BCUT2D eigenvalue weighted by atomic mass is 16.1. The molecule has 1 amide bonds. The van der Waals surface area contributed by atoms with Crippen molar-refractivity contribution in [3.63, 3.8) is 0 Å². The predicted octanol–water partition coefficient (Wildman–Crippen LogP) is 2.77. The summed E-state index contributed by atoms with van der Waals surface area (Å²) in [5.74, 6) is -0.293. The lowest BCUT2D eigenvalue weighted by atomic mass is 10.1. The zero-order valence-corrected chi connectivity index (χ0v) is 11.5. The van der Waals surface area contributed by atoms with Crippen LogP contribution < -0.4 is 11.1 Å². The third-order valence-electron chi connectivity index (χ3n) is 3.20. The number of nitrogens with one attached hydrogen (secondary N) is 1. The number of carbonyl (C=O) groups is 1. The van der Waals surface area contributed by atoms with E-state index in [1.807, 2.05) is 37.3 Å². The van der Waals surface area contributed by atoms with E-state index in [0.717, 1.165) is 16.6 Å². The fourth-order valence-electron chi connectivity index (χ4n) is 2.17. The minimum Gasteiger partial charge on any atom is -0.398 e. The van der Waals surface area contributed by atoms with Gasteiger partial charge in [-0.05, 0) is 25.1 Å². The number of aromatic nitrogens is 2. The van der Waals surface area contributed by atoms with Crippen LogP contribution in [0.25, 0.3) is 10.9 Å². The summed E-state index contributed by atoms with van der Waals surface area (Å²) < 4.78 is 0. The molecular weight excluding hydrogens is 264 g/mol. The van der Waals surface area contributed by atoms with E-state index in [-0.39, 0.29) is 5.91 Å². The van der Waals surface area contributed by atoms with E-state index in [1.165, 1.54) is 6.20 Å². The number of nitrogen functional groups attached to an aromatic ring is 1. The van der Waals surface area contributed by atoms with Crippen molar-refractivity contribution >= 4 is 28.2 Å². The van der Waals surface area contributed by atoms with Gasteiger partial charge in [-0.3, -0.25) is 14.8 Å². The number of carbonyl (C=O) groups excluding carboxylic acids is 1. The van der Waals surface area contributed by atoms with E-state index in [9.17, 15) is 4.79 Å². The van der Waals surface area contributed by atoms with Crippen LogP contribution in [0.3, 0.4) is 0 Å². The summed E-state index contributed by atoms with van der Waals surface area (Å²) >= 11 is 0. The number of rotatable bonds is 2. The van der Waals surface area contributed by atoms with E-state index in [4.69, 9.17) is 5.73 Å². The Morgan fingerprint density at radius 1 is 1.19 bits per heavy atom. The first-order chi connectivity index (χ1) is 10.1. The predicted molar refractivity (Wildman–Crippen MR) is 83.1 cm³/mol. The Morgan fingerprint density at radius 3 is 2.81 bits per heavy atom. The molecule has 0 spiro atoms. The number of hydrogen-bond donors (Lipinski definition) is 2. The van der Waals surface area contributed by atoms with Gasteiger partial charge in [-0.2, -0.15) is 0 Å². The molecule has 0 atom stereocenters. The maximum atomic E-state index is 12.3. The molecule has 0 saturated carbocycles. The van der Waals surface area contributed by atoms with Gasteiger partial charge in [0.1, 0.15) is 0 Å². The minimum absolute atomic E-state index is 0.293. The average Bonchev–Trinajstić information content (AvgIpc) is 2.47. The number of nitrogens with zero attached hydrogens (tertiary/aromatic N) is 2. The van der Waals surface area contributed by atoms with E-state index in [2.05, 4.69) is 15.3 Å². The van der Waals surface area contributed by atoms with Crippen molar-refractivity contribution in [2.24, 2.45) is 0 Å². The minimum atomic E-state index is -0.293. The zero-order valence-electron chi connectivity index (χ0n) is 11.5. The average molecular weight is 278 g/mol. The summed E-state index contributed by atoms with van der Waals surface area (Å²) in [6, 6.07) is 11.1. The van der Waals surface area contributed by atoms with Crippen molar-refractivity contribution in [3.05, 3.63) is 60.0 Å². The highest BCUT2D eigenvalue weighted by Gasteiger charge is 2.12. The largest absolute Gasteiger partial charge is 0.398 e. The van der Waals surface area contributed by atoms with Crippen LogP contribution in [0.2, 0.25) is 0 Å². The molecular formula is C16H14N4O. The van der Waals surface area contributed by atoms with Gasteiger partial charge < -0.3 is 11.1 Å². The van der Waals surface area contributed by atoms with Gasteiger partial charge in [0.05, 0.1) is 16.8 Å². The van der Waals surface area contributed by atoms with Gasteiger partial charge in [-0.15, -0.1) is 0 Å². The Hall–Kier alpha value is -2.95. The molecule has 2 heterocycles. The van der Waals surface area contributed by atoms with E-state index in [1.54, 1.807) is 12.3 Å². The van der Waals surface area contributed by atoms with Gasteiger partial charge in [0.15, 0.2) is 0 Å². The number of fused-ring (bicyclic) bond motifs is 1. The number of aryl methyl sites for hydroxylation is 1. The van der Waals surface area contributed by atoms with Gasteiger partial charge in [-0.25, -0.2) is 0 Å². The Kier molecular flexibility index (Phi) is 3.23. The number of nitrogens with two attached hydrogens (primary N) is 1. The number of pyridine rings is 2. The SMILES string of the molecule is Cc1cc(N)c(C(=O)Nc2cccc3cccnc23)cn1. The van der Waals surface area contributed by atoms with Gasteiger partial charge in [0.2, 0.25) is 0 Å². The Bertz CT molecular complexity index is 824. The maximum absolute atomic E-state index is 12.3. The number of para-hydroxylation sites is 1. The Balaban J connectivity index is 1.97. The molecule has 0 bridgehead atoms. The van der Waals surface area contributed by atoms with Crippen molar-refractivity contribution in [1.82, 2.24) is 9.97 Å². The molecule has 5 nitrogen and oxygen atoms in total. The highest BCUT2D eigenvalue weighted by Crippen LogP contribution is 2.22. The van der Waals surface area contributed by atoms with Crippen LogP contribution in [0.15, 0.2) is 48.8 Å². The van der Waals surface area contributed by atoms with Crippen LogP contribution >= 0.6 is 0 Å². The molecule has 0 aliphatic rings. The summed E-state index contributed by atoms with van der Waals surface area (Å²) in [6.45, 7) is 1.83. The first-order valence-electron chi connectivity index (χ1n) is 6.52. The van der Waals surface area contributed by atoms with Crippen molar-refractivity contribution in [2.45, 2.75) is 6.92 Å². The van der Waals surface area contributed by atoms with Crippen molar-refractivity contribution in [2.75, 3.05) is 11.1 Å². The third kappa shape index (κ3) is 2.53. The summed E-state index contributed by atoms with van der Waals surface area (Å²) in [5, 5.41) is 3.80. The van der Waals surface area contributed by atoms with Crippen molar-refractivity contribution in [3.8, 4) is 0 Å². The Morgan fingerprint density at radius 2 is 2.00 bits per heavy atom. The van der Waals surface area contributed by atoms with Crippen LogP contribution in [0.5, 0.6) is 0 Å². The lowest BCUT2D eigenvalue weighted by Crippen LogP contribution is -2.15. The van der Waals surface area contributed by atoms with Gasteiger partial charge >= 0.3 is 0 Å². The third-order valence-corrected chi connectivity index (χ3v) is 3.20. The molecule has 5 heteroatoms. The second kappa shape index (κ2) is 5.20. The lowest BCUT2D eigenvalue weighted by Gasteiger charge is -2.09. The van der Waals surface area contributed by atoms with Crippen LogP contribution in [0.1, 0.15) is 16.1 Å². The molecule has 1 aromatic carbocycles. The second-order valence-corrected chi connectivity index (χ2v) is 4.75. The smallest absolute Gasteiger partial charge is 0.259 e. The standard InChI is InChI=1S/C16H14N4O/c1-10-8-13(17)12(9-19-10)16(21)20-14-6-2-4-11-5-3-7-18-15(11)14/h2-9H,1H3,(H2,17,19)(H,20,21). The maximum Gasteiger partial charge on any atom is 0.259 e. The Labute approximate surface area is 121 Å². The zero-order chi connectivity index (χ0) is 14.8. The quantitative estimate of drug-likeness (QED) is 0.755. The first kappa shape index (κ1) is 13.1. The van der Waals surface area contributed by atoms with Gasteiger partial charge in [0.25, 0.3) is 5.91 Å². The molecule has 0 aliphatic heterocycles. The molecule has 2 aromatic heterocycles. The van der Waals surface area contributed by atoms with E-state index < -0.39 is 0 Å². The van der Waals surface area contributed by atoms with E-state index in [0.29, 0.717) is 16.9 Å². The van der Waals surface area contributed by atoms with E-state index >= 15 is 0 Å². The lowest BCUT2D eigenvalue weighted by molar-refractivity contribution is 0.102. The summed E-state index contributed by atoms with van der Waals surface area (Å²) in [6.07, 6.45) is 3.18. The van der Waals surface area contributed by atoms with Crippen molar-refractivity contribution < 1.29 is 4.79 Å². The molecule has 3 aromatic rings. The number of benzene rings is 1. The monoisotopic (exact) mass is 278 g/mol. The molecule has 0 aliphatic carbocycles. The number of hydrogen-bond acceptors (Lipinski definition) is 4. The number of anilines is 2. The van der Waals surface area contributed by atoms with Gasteiger partial charge in [-0.1, -0.05) is 18.2 Å².